The van der Waals surface area contributed by atoms with Crippen molar-refractivity contribution in [2.45, 2.75) is 44.9 Å². The summed E-state index contributed by atoms with van der Waals surface area (Å²) in [6, 6.07) is 3.52. The molecule has 3 rings (SSSR count). The van der Waals surface area contributed by atoms with Crippen molar-refractivity contribution in [1.82, 2.24) is 14.9 Å². The van der Waals surface area contributed by atoms with Gasteiger partial charge in [0.2, 0.25) is 0 Å². The van der Waals surface area contributed by atoms with Crippen LogP contribution in [0.15, 0.2) is 34.1 Å². The van der Waals surface area contributed by atoms with E-state index in [2.05, 4.69) is 20.5 Å². The largest absolute Gasteiger partial charge is 0.380 e. The maximum atomic E-state index is 11.9. The molecule has 0 saturated carbocycles. The molecular weight excluding hydrogens is 420 g/mol. The van der Waals surface area contributed by atoms with Crippen LogP contribution in [0.4, 0.5) is 17.1 Å². The lowest BCUT2D eigenvalue weighted by Gasteiger charge is -2.27. The highest BCUT2D eigenvalue weighted by molar-refractivity contribution is 5.78. The zero-order valence-electron chi connectivity index (χ0n) is 19.6. The van der Waals surface area contributed by atoms with E-state index < -0.39 is 10.9 Å². The molecule has 0 spiro atoms. The number of aromatic nitrogens is 1. The Hall–Kier alpha value is -2.33. The van der Waals surface area contributed by atoms with E-state index in [0.29, 0.717) is 17.9 Å². The number of rotatable bonds is 16. The standard InChI is InChI=1S/C24H38N6O3/c25-30(15-7-13-29-16-18-33-19-17-29)14-6-4-2-1-3-5-10-27-21-22(24(32)23(21)31)28-20-8-11-26-12-9-20/h8-9,11-12,27H,1-7,10,13-19,25H2,(H,26,28). The van der Waals surface area contributed by atoms with Gasteiger partial charge in [0.25, 0.3) is 10.9 Å². The van der Waals surface area contributed by atoms with Crippen molar-refractivity contribution in [2.75, 3.05) is 63.1 Å². The number of nitrogens with two attached hydrogens (primary N) is 1. The van der Waals surface area contributed by atoms with Gasteiger partial charge in [0.15, 0.2) is 0 Å². The third kappa shape index (κ3) is 8.51. The third-order valence-electron chi connectivity index (χ3n) is 6.06. The summed E-state index contributed by atoms with van der Waals surface area (Å²) >= 11 is 0. The summed E-state index contributed by atoms with van der Waals surface area (Å²) in [5, 5.41) is 8.09. The molecule has 182 valence electrons. The van der Waals surface area contributed by atoms with Gasteiger partial charge in [-0.1, -0.05) is 25.7 Å². The summed E-state index contributed by atoms with van der Waals surface area (Å²) in [7, 11) is 0. The van der Waals surface area contributed by atoms with Crippen LogP contribution in [-0.4, -0.2) is 67.4 Å². The van der Waals surface area contributed by atoms with Gasteiger partial charge in [0, 0.05) is 50.8 Å². The highest BCUT2D eigenvalue weighted by Crippen LogP contribution is 2.20. The van der Waals surface area contributed by atoms with Crippen molar-refractivity contribution in [3.05, 3.63) is 45.0 Å². The smallest absolute Gasteiger partial charge is 0.253 e. The monoisotopic (exact) mass is 458 g/mol. The van der Waals surface area contributed by atoms with Crippen LogP contribution in [0.1, 0.15) is 44.9 Å². The molecule has 1 saturated heterocycles. The van der Waals surface area contributed by atoms with Crippen molar-refractivity contribution < 1.29 is 4.74 Å². The van der Waals surface area contributed by atoms with Crippen LogP contribution in [0.3, 0.4) is 0 Å². The Balaban J connectivity index is 1.17. The summed E-state index contributed by atoms with van der Waals surface area (Å²) < 4.78 is 5.37. The first-order chi connectivity index (χ1) is 16.1. The van der Waals surface area contributed by atoms with E-state index in [0.717, 1.165) is 83.7 Å². The van der Waals surface area contributed by atoms with Gasteiger partial charge in [-0.15, -0.1) is 0 Å². The molecule has 0 radical (unpaired) electrons. The molecule has 4 N–H and O–H groups in total. The quantitative estimate of drug-likeness (QED) is 0.151. The second kappa shape index (κ2) is 14.0. The maximum Gasteiger partial charge on any atom is 0.253 e. The lowest BCUT2D eigenvalue weighted by atomic mass is 10.1. The molecule has 0 atom stereocenters. The first-order valence-corrected chi connectivity index (χ1v) is 12.2. The van der Waals surface area contributed by atoms with Gasteiger partial charge in [-0.3, -0.25) is 25.3 Å². The molecule has 1 aromatic carbocycles. The first-order valence-electron chi connectivity index (χ1n) is 12.2. The minimum Gasteiger partial charge on any atom is -0.380 e. The minimum atomic E-state index is -0.468. The van der Waals surface area contributed by atoms with Crippen LogP contribution in [0, 0.1) is 0 Å². The SMILES string of the molecule is NN(CCCCCCCCNc1c(Nc2ccncc2)c(=O)c1=O)CCCN1CCOCC1. The molecule has 2 aromatic rings. The van der Waals surface area contributed by atoms with E-state index in [1.807, 2.05) is 5.01 Å². The fourth-order valence-electron chi connectivity index (χ4n) is 4.05. The highest BCUT2D eigenvalue weighted by Gasteiger charge is 2.20. The summed E-state index contributed by atoms with van der Waals surface area (Å²) in [4.78, 5) is 30.1. The summed E-state index contributed by atoms with van der Waals surface area (Å²) in [5.74, 6) is 6.12. The van der Waals surface area contributed by atoms with Gasteiger partial charge in [-0.05, 0) is 37.9 Å². The lowest BCUT2D eigenvalue weighted by Crippen LogP contribution is -2.39. The number of ether oxygens (including phenoxy) is 1. The van der Waals surface area contributed by atoms with Crippen molar-refractivity contribution in [2.24, 2.45) is 5.84 Å². The van der Waals surface area contributed by atoms with Crippen LogP contribution in [0.5, 0.6) is 0 Å². The van der Waals surface area contributed by atoms with E-state index in [-0.39, 0.29) is 0 Å². The Morgan fingerprint density at radius 2 is 1.55 bits per heavy atom. The zero-order valence-corrected chi connectivity index (χ0v) is 19.6. The molecule has 1 aliphatic rings. The number of nitrogens with zero attached hydrogens (tertiary/aromatic N) is 3. The molecule has 0 unspecified atom stereocenters. The number of hydrogen-bond acceptors (Lipinski definition) is 9. The predicted molar refractivity (Wildman–Crippen MR) is 133 cm³/mol. The molecule has 2 heterocycles. The summed E-state index contributed by atoms with van der Waals surface area (Å²) in [6.07, 6.45) is 11.1. The average molecular weight is 459 g/mol. The average Bonchev–Trinajstić information content (AvgIpc) is 2.85. The Morgan fingerprint density at radius 1 is 0.909 bits per heavy atom. The molecule has 0 bridgehead atoms. The Labute approximate surface area is 196 Å². The minimum absolute atomic E-state index is 0.350. The van der Waals surface area contributed by atoms with Crippen LogP contribution in [0.2, 0.25) is 0 Å². The molecule has 0 aliphatic carbocycles. The number of pyridine rings is 1. The number of hydrogen-bond donors (Lipinski definition) is 3. The van der Waals surface area contributed by atoms with Gasteiger partial charge >= 0.3 is 0 Å². The number of unbranched alkanes of at least 4 members (excludes halogenated alkanes) is 5. The topological polar surface area (TPSA) is 113 Å². The number of morpholine rings is 1. The molecule has 1 fully saturated rings. The number of nitrogens with one attached hydrogen (secondary N) is 2. The van der Waals surface area contributed by atoms with Crippen LogP contribution < -0.4 is 27.3 Å². The Bertz CT molecular complexity index is 878. The second-order valence-corrected chi connectivity index (χ2v) is 8.66. The third-order valence-corrected chi connectivity index (χ3v) is 6.06. The molecule has 1 aromatic heterocycles. The van der Waals surface area contributed by atoms with E-state index in [1.165, 1.54) is 12.8 Å². The van der Waals surface area contributed by atoms with Gasteiger partial charge in [0.1, 0.15) is 11.4 Å². The summed E-state index contributed by atoms with van der Waals surface area (Å²) in [6.45, 7) is 7.45. The fraction of sp³-hybridized carbons (Fsp3) is 0.625. The first kappa shape index (κ1) is 25.3. The molecule has 9 nitrogen and oxygen atoms in total. The highest BCUT2D eigenvalue weighted by atomic mass is 16.5. The van der Waals surface area contributed by atoms with E-state index in [1.54, 1.807) is 24.5 Å². The second-order valence-electron chi connectivity index (χ2n) is 8.66. The van der Waals surface area contributed by atoms with Gasteiger partial charge in [0.05, 0.1) is 13.2 Å². The predicted octanol–water partition coefficient (Wildman–Crippen LogP) is 2.07. The maximum absolute atomic E-state index is 11.9. The van der Waals surface area contributed by atoms with E-state index >= 15 is 0 Å². The molecule has 33 heavy (non-hydrogen) atoms. The van der Waals surface area contributed by atoms with Crippen molar-refractivity contribution >= 4 is 17.1 Å². The van der Waals surface area contributed by atoms with Crippen molar-refractivity contribution in [3.63, 3.8) is 0 Å². The fourth-order valence-corrected chi connectivity index (χ4v) is 4.05. The molecule has 0 amide bonds. The Morgan fingerprint density at radius 3 is 2.30 bits per heavy atom. The molecule has 9 heteroatoms. The van der Waals surface area contributed by atoms with Crippen molar-refractivity contribution in [1.29, 1.82) is 0 Å². The van der Waals surface area contributed by atoms with Crippen LogP contribution >= 0.6 is 0 Å². The van der Waals surface area contributed by atoms with Crippen LogP contribution in [0.25, 0.3) is 0 Å². The van der Waals surface area contributed by atoms with Crippen LogP contribution in [-0.2, 0) is 4.74 Å². The Kier molecular flexibility index (Phi) is 10.8. The van der Waals surface area contributed by atoms with Gasteiger partial charge < -0.3 is 15.4 Å². The van der Waals surface area contributed by atoms with E-state index in [9.17, 15) is 9.59 Å². The lowest BCUT2D eigenvalue weighted by molar-refractivity contribution is 0.0361. The van der Waals surface area contributed by atoms with Gasteiger partial charge in [-0.25, -0.2) is 5.01 Å². The summed E-state index contributed by atoms with van der Waals surface area (Å²) in [5.41, 5.74) is 0.580. The normalized spacial score (nSPS) is 14.7. The molecular formula is C24H38N6O3. The van der Waals surface area contributed by atoms with Crippen molar-refractivity contribution in [3.8, 4) is 0 Å². The van der Waals surface area contributed by atoms with E-state index in [4.69, 9.17) is 10.6 Å². The molecule has 1 aliphatic heterocycles. The number of hydrazine groups is 1. The number of anilines is 3. The zero-order chi connectivity index (χ0) is 23.3. The van der Waals surface area contributed by atoms with Gasteiger partial charge in [-0.2, -0.15) is 0 Å².